The molecule has 4 rings (SSSR count). The Labute approximate surface area is 242 Å². The van der Waals surface area contributed by atoms with E-state index in [1.807, 2.05) is 4.90 Å². The fraction of sp³-hybridized carbons (Fsp3) is 0.519. The first-order valence-electron chi connectivity index (χ1n) is 13.4. The van der Waals surface area contributed by atoms with Crippen molar-refractivity contribution in [1.82, 2.24) is 4.90 Å². The number of alkyl halides is 6. The summed E-state index contributed by atoms with van der Waals surface area (Å²) in [6.07, 6.45) is -1.95. The summed E-state index contributed by atoms with van der Waals surface area (Å²) in [6.45, 7) is 2.09. The van der Waals surface area contributed by atoms with Gasteiger partial charge in [0.2, 0.25) is 5.91 Å². The Morgan fingerprint density at radius 2 is 1.67 bits per heavy atom. The molecule has 1 saturated carbocycles. The lowest BCUT2D eigenvalue weighted by atomic mass is 9.92. The van der Waals surface area contributed by atoms with Gasteiger partial charge in [-0.2, -0.15) is 26.3 Å². The third kappa shape index (κ3) is 8.90. The highest BCUT2D eigenvalue weighted by atomic mass is 32.2. The quantitative estimate of drug-likeness (QED) is 0.152. The number of thioether (sulfide) groups is 1. The van der Waals surface area contributed by atoms with E-state index in [1.54, 1.807) is 17.0 Å². The van der Waals surface area contributed by atoms with Gasteiger partial charge in [-0.1, -0.05) is 0 Å². The number of carbonyl (C=O) groups is 1. The monoisotopic (exact) mass is 620 g/mol. The number of nitrogens with one attached hydrogen (secondary N) is 1. The van der Waals surface area contributed by atoms with Crippen LogP contribution in [0, 0.1) is 10.1 Å². The molecule has 8 nitrogen and oxygen atoms in total. The zero-order chi connectivity index (χ0) is 30.5. The highest BCUT2D eigenvalue weighted by Crippen LogP contribution is 2.39. The zero-order valence-electron chi connectivity index (χ0n) is 22.4. The molecule has 0 atom stereocenters. The van der Waals surface area contributed by atoms with Crippen LogP contribution in [-0.2, 0) is 15.7 Å². The van der Waals surface area contributed by atoms with Crippen LogP contribution in [0.2, 0.25) is 0 Å². The van der Waals surface area contributed by atoms with Crippen molar-refractivity contribution in [3.8, 4) is 0 Å². The van der Waals surface area contributed by atoms with Crippen molar-refractivity contribution in [3.05, 3.63) is 58.1 Å². The predicted octanol–water partition coefficient (Wildman–Crippen LogP) is 6.70. The molecule has 0 bridgehead atoms. The van der Waals surface area contributed by atoms with Crippen LogP contribution < -0.4 is 10.2 Å². The molecule has 0 spiro atoms. The average molecular weight is 621 g/mol. The second-order valence-corrected chi connectivity index (χ2v) is 11.3. The number of halogens is 6. The van der Waals surface area contributed by atoms with Crippen molar-refractivity contribution in [2.75, 3.05) is 43.0 Å². The molecule has 230 valence electrons. The number of hydrogen-bond acceptors (Lipinski definition) is 7. The summed E-state index contributed by atoms with van der Waals surface area (Å²) in [5.74, 6) is -0.153. The fourth-order valence-corrected chi connectivity index (χ4v) is 5.73. The molecule has 0 unspecified atom stereocenters. The maximum atomic E-state index is 13.3. The molecule has 0 radical (unpaired) electrons. The Morgan fingerprint density at radius 3 is 2.29 bits per heavy atom. The van der Waals surface area contributed by atoms with Crippen LogP contribution in [0.1, 0.15) is 37.7 Å². The number of rotatable bonds is 8. The minimum Gasteiger partial charge on any atom is -0.382 e. The highest BCUT2D eigenvalue weighted by molar-refractivity contribution is 8.00. The lowest BCUT2D eigenvalue weighted by molar-refractivity contribution is -0.388. The summed E-state index contributed by atoms with van der Waals surface area (Å²) in [7, 11) is 0. The second-order valence-electron chi connectivity index (χ2n) is 10.2. The normalized spacial score (nSPS) is 20.2. The van der Waals surface area contributed by atoms with E-state index < -0.39 is 27.9 Å². The molecule has 2 aromatic carbocycles. The van der Waals surface area contributed by atoms with Crippen molar-refractivity contribution in [1.29, 1.82) is 0 Å². The van der Waals surface area contributed by atoms with Gasteiger partial charge in [0, 0.05) is 54.6 Å². The van der Waals surface area contributed by atoms with Crippen LogP contribution in [0.25, 0.3) is 0 Å². The largest absolute Gasteiger partial charge is 0.446 e. The Kier molecular flexibility index (Phi) is 10.1. The van der Waals surface area contributed by atoms with Gasteiger partial charge in [-0.3, -0.25) is 14.9 Å². The highest BCUT2D eigenvalue weighted by Gasteiger charge is 2.38. The van der Waals surface area contributed by atoms with Gasteiger partial charge in [-0.15, -0.1) is 0 Å². The second kappa shape index (κ2) is 13.4. The molecule has 2 fully saturated rings. The van der Waals surface area contributed by atoms with Crippen molar-refractivity contribution in [2.24, 2.45) is 0 Å². The van der Waals surface area contributed by atoms with Gasteiger partial charge in [0.1, 0.15) is 12.2 Å². The maximum absolute atomic E-state index is 13.3. The third-order valence-electron chi connectivity index (χ3n) is 7.27. The van der Waals surface area contributed by atoms with E-state index in [0.29, 0.717) is 58.3 Å². The maximum Gasteiger partial charge on any atom is 0.446 e. The minimum atomic E-state index is -4.85. The topological polar surface area (TPSA) is 87.9 Å². The van der Waals surface area contributed by atoms with Gasteiger partial charge in [-0.25, -0.2) is 0 Å². The number of benzene rings is 2. The summed E-state index contributed by atoms with van der Waals surface area (Å²) in [5, 5.41) is 14.0. The summed E-state index contributed by atoms with van der Waals surface area (Å²) in [5.41, 5.74) is -5.70. The van der Waals surface area contributed by atoms with Gasteiger partial charge >= 0.3 is 11.7 Å². The Bertz CT molecular complexity index is 1240. The molecule has 42 heavy (non-hydrogen) atoms. The summed E-state index contributed by atoms with van der Waals surface area (Å²) >= 11 is -0.162. The van der Waals surface area contributed by atoms with Crippen LogP contribution in [0.4, 0.5) is 43.4 Å². The zero-order valence-corrected chi connectivity index (χ0v) is 23.2. The summed E-state index contributed by atoms with van der Waals surface area (Å²) in [4.78, 5) is 26.6. The van der Waals surface area contributed by atoms with E-state index in [0.717, 1.165) is 17.8 Å². The van der Waals surface area contributed by atoms with Gasteiger partial charge in [0.15, 0.2) is 0 Å². The predicted molar refractivity (Wildman–Crippen MR) is 145 cm³/mol. The first-order valence-corrected chi connectivity index (χ1v) is 14.2. The molecule has 2 aliphatic rings. The average Bonchev–Trinajstić information content (AvgIpc) is 3.18. The standard InChI is InChI=1S/C27H30F6N4O4S/c28-26(29,30)23-16-19(4-11-24(23)37(39)40)34-18-2-7-21(8-3-18)41-17-25(38)36-13-1-12-35(14-15-36)20-5-9-22(10-6-20)42-27(31,32)33/h4-6,9-11,16,18,21,34H,1-3,7-8,12-15,17H2. The number of carbonyl (C=O) groups excluding carboxylic acids is 1. The molecule has 1 aliphatic carbocycles. The van der Waals surface area contributed by atoms with Crippen LogP contribution in [0.5, 0.6) is 0 Å². The molecular formula is C27H30F6N4O4S. The van der Waals surface area contributed by atoms with Crippen molar-refractivity contribution in [3.63, 3.8) is 0 Å². The van der Waals surface area contributed by atoms with Crippen molar-refractivity contribution >= 4 is 34.7 Å². The number of amides is 1. The number of nitrogens with zero attached hydrogens (tertiary/aromatic N) is 3. The van der Waals surface area contributed by atoms with Crippen LogP contribution >= 0.6 is 11.8 Å². The lowest BCUT2D eigenvalue weighted by Crippen LogP contribution is -2.39. The molecule has 2 aromatic rings. The molecule has 1 N–H and O–H groups in total. The van der Waals surface area contributed by atoms with E-state index in [4.69, 9.17) is 4.74 Å². The first kappa shape index (κ1) is 31.7. The van der Waals surface area contributed by atoms with Crippen LogP contribution in [-0.4, -0.2) is 66.2 Å². The molecule has 15 heteroatoms. The fourth-order valence-electron chi connectivity index (χ4n) is 5.19. The van der Waals surface area contributed by atoms with Crippen LogP contribution in [0.3, 0.4) is 0 Å². The molecule has 1 aliphatic heterocycles. The number of nitro groups is 1. The third-order valence-corrected chi connectivity index (χ3v) is 8.01. The smallest absolute Gasteiger partial charge is 0.382 e. The van der Waals surface area contributed by atoms with E-state index in [9.17, 15) is 41.3 Å². The summed E-state index contributed by atoms with van der Waals surface area (Å²) in [6, 6.07) is 8.90. The van der Waals surface area contributed by atoms with E-state index in [-0.39, 0.29) is 47.0 Å². The number of ether oxygens (including phenoxy) is 1. The molecule has 0 aromatic heterocycles. The Morgan fingerprint density at radius 1 is 0.976 bits per heavy atom. The number of anilines is 2. The van der Waals surface area contributed by atoms with Gasteiger partial charge in [0.25, 0.3) is 5.69 Å². The number of hydrogen-bond donors (Lipinski definition) is 1. The van der Waals surface area contributed by atoms with Crippen molar-refractivity contribution in [2.45, 2.75) is 60.8 Å². The molecule has 1 amide bonds. The van der Waals surface area contributed by atoms with Gasteiger partial charge < -0.3 is 19.9 Å². The summed E-state index contributed by atoms with van der Waals surface area (Å²) < 4.78 is 83.4. The van der Waals surface area contributed by atoms with Gasteiger partial charge in [0.05, 0.1) is 11.0 Å². The Hall–Kier alpha value is -3.20. The van der Waals surface area contributed by atoms with Gasteiger partial charge in [-0.05, 0) is 80.3 Å². The minimum absolute atomic E-state index is 0.0938. The van der Waals surface area contributed by atoms with E-state index >= 15 is 0 Å². The van der Waals surface area contributed by atoms with Crippen LogP contribution in [0.15, 0.2) is 47.4 Å². The molecule has 1 saturated heterocycles. The Balaban J connectivity index is 1.20. The lowest BCUT2D eigenvalue weighted by Gasteiger charge is -2.30. The van der Waals surface area contributed by atoms with E-state index in [1.165, 1.54) is 18.2 Å². The molecule has 1 heterocycles. The number of nitro benzene ring substituents is 1. The van der Waals surface area contributed by atoms with E-state index in [2.05, 4.69) is 5.32 Å². The van der Waals surface area contributed by atoms with Crippen molar-refractivity contribution < 1.29 is 40.8 Å². The molecular weight excluding hydrogens is 590 g/mol. The first-order chi connectivity index (χ1) is 19.8. The SMILES string of the molecule is O=C(COC1CCC(Nc2ccc([N+](=O)[O-])c(C(F)(F)F)c2)CC1)N1CCCN(c2ccc(SC(F)(F)F)cc2)CC1.